The first kappa shape index (κ1) is 31.1. The van der Waals surface area contributed by atoms with E-state index in [-0.39, 0.29) is 17.5 Å². The monoisotopic (exact) mass is 637 g/mol. The Morgan fingerprint density at radius 2 is 1.68 bits per heavy atom. The van der Waals surface area contributed by atoms with Gasteiger partial charge in [-0.1, -0.05) is 0 Å². The molecule has 1 aliphatic rings. The van der Waals surface area contributed by atoms with Gasteiger partial charge in [-0.3, -0.25) is 19.1 Å². The number of amides is 2. The van der Waals surface area contributed by atoms with Gasteiger partial charge in [0.25, 0.3) is 11.5 Å². The second-order valence-electron chi connectivity index (χ2n) is 11.8. The molecule has 0 radical (unpaired) electrons. The lowest BCUT2D eigenvalue weighted by Crippen LogP contribution is -2.50. The lowest BCUT2D eigenvalue weighted by Gasteiger charge is -2.36. The Labute approximate surface area is 269 Å². The van der Waals surface area contributed by atoms with Crippen LogP contribution < -0.4 is 20.5 Å². The predicted molar refractivity (Wildman–Crippen MR) is 174 cm³/mol. The van der Waals surface area contributed by atoms with Crippen molar-refractivity contribution >= 4 is 34.5 Å². The zero-order chi connectivity index (χ0) is 33.1. The summed E-state index contributed by atoms with van der Waals surface area (Å²) in [5, 5.41) is 3.38. The zero-order valence-corrected chi connectivity index (χ0v) is 26.0. The molecule has 13 heteroatoms. The molecule has 0 spiro atoms. The van der Waals surface area contributed by atoms with Crippen molar-refractivity contribution in [3.05, 3.63) is 107 Å². The molecule has 0 saturated carbocycles. The van der Waals surface area contributed by atoms with E-state index >= 15 is 0 Å². The fraction of sp³-hybridized carbons (Fsp3) is 0.235. The molecule has 12 nitrogen and oxygen atoms in total. The van der Waals surface area contributed by atoms with Gasteiger partial charge in [-0.2, -0.15) is 0 Å². The number of pyridine rings is 4. The summed E-state index contributed by atoms with van der Waals surface area (Å²) < 4.78 is 26.3. The summed E-state index contributed by atoms with van der Waals surface area (Å²) in [6.45, 7) is 7.74. The first-order chi connectivity index (χ1) is 22.5. The number of benzene rings is 1. The zero-order valence-electron chi connectivity index (χ0n) is 26.0. The molecule has 0 atom stereocenters. The maximum absolute atomic E-state index is 13.3. The van der Waals surface area contributed by atoms with Crippen molar-refractivity contribution in [3.8, 4) is 17.2 Å². The summed E-state index contributed by atoms with van der Waals surface area (Å²) in [5.41, 5.74) is -0.136. The summed E-state index contributed by atoms with van der Waals surface area (Å²) in [6.07, 6.45) is 5.95. The maximum Gasteiger partial charge on any atom is 0.410 e. The smallest absolute Gasteiger partial charge is 0.410 e. The summed E-state index contributed by atoms with van der Waals surface area (Å²) in [6, 6.07) is 15.2. The number of anilines is 2. The van der Waals surface area contributed by atoms with Crippen LogP contribution in [0.1, 0.15) is 31.1 Å². The number of piperazine rings is 1. The van der Waals surface area contributed by atoms with Crippen LogP contribution >= 0.6 is 0 Å². The Hall–Kier alpha value is -5.85. The van der Waals surface area contributed by atoms with Gasteiger partial charge in [-0.25, -0.2) is 19.2 Å². The van der Waals surface area contributed by atoms with Crippen LogP contribution in [0, 0.1) is 5.82 Å². The highest BCUT2D eigenvalue weighted by Crippen LogP contribution is 2.31. The first-order valence-corrected chi connectivity index (χ1v) is 14.9. The highest BCUT2D eigenvalue weighted by atomic mass is 19.1. The first-order valence-electron chi connectivity index (χ1n) is 14.9. The van der Waals surface area contributed by atoms with E-state index in [0.29, 0.717) is 48.9 Å². The Morgan fingerprint density at radius 3 is 2.38 bits per heavy atom. The van der Waals surface area contributed by atoms with Crippen molar-refractivity contribution in [2.75, 3.05) is 36.4 Å². The van der Waals surface area contributed by atoms with Crippen molar-refractivity contribution in [2.45, 2.75) is 26.4 Å². The minimum atomic E-state index is -0.639. The number of rotatable bonds is 6. The van der Waals surface area contributed by atoms with Gasteiger partial charge in [0.15, 0.2) is 0 Å². The van der Waals surface area contributed by atoms with Crippen molar-refractivity contribution in [2.24, 2.45) is 0 Å². The third kappa shape index (κ3) is 7.19. The second-order valence-corrected chi connectivity index (χ2v) is 11.8. The van der Waals surface area contributed by atoms with Gasteiger partial charge in [0.2, 0.25) is 0 Å². The number of fused-ring (bicyclic) bond motifs is 1. The summed E-state index contributed by atoms with van der Waals surface area (Å²) in [5.74, 6) is 0.832. The minimum absolute atomic E-state index is 0.0992. The average Bonchev–Trinajstić information content (AvgIpc) is 3.05. The van der Waals surface area contributed by atoms with E-state index in [2.05, 4.69) is 25.2 Å². The number of ether oxygens (including phenoxy) is 2. The van der Waals surface area contributed by atoms with Crippen LogP contribution in [0.4, 0.5) is 20.8 Å². The molecular formula is C34H32FN7O5. The maximum atomic E-state index is 13.3. The fourth-order valence-electron chi connectivity index (χ4n) is 5.02. The van der Waals surface area contributed by atoms with E-state index in [4.69, 9.17) is 9.47 Å². The van der Waals surface area contributed by atoms with E-state index in [9.17, 15) is 18.8 Å². The molecular weight excluding hydrogens is 605 g/mol. The number of hydrogen-bond acceptors (Lipinski definition) is 9. The van der Waals surface area contributed by atoms with Crippen LogP contribution in [0.5, 0.6) is 11.5 Å². The van der Waals surface area contributed by atoms with E-state index in [1.54, 1.807) is 41.6 Å². The summed E-state index contributed by atoms with van der Waals surface area (Å²) >= 11 is 0. The van der Waals surface area contributed by atoms with Gasteiger partial charge < -0.3 is 24.6 Å². The molecule has 1 saturated heterocycles. The van der Waals surface area contributed by atoms with Crippen LogP contribution in [0.15, 0.2) is 90.2 Å². The van der Waals surface area contributed by atoms with Gasteiger partial charge >= 0.3 is 6.09 Å². The van der Waals surface area contributed by atoms with Gasteiger partial charge in [-0.05, 0) is 81.4 Å². The SMILES string of the molecule is CC(C)(C)OC(=O)N1CCN(c2cc3c(Oc4ccc(NC(=O)c5cccn(-c6ccc(F)cc6)c5=O)nc4)ccnc3cn2)CC1. The third-order valence-corrected chi connectivity index (χ3v) is 7.33. The fourth-order valence-corrected chi connectivity index (χ4v) is 5.02. The van der Waals surface area contributed by atoms with Gasteiger partial charge in [0.05, 0.1) is 17.9 Å². The van der Waals surface area contributed by atoms with Crippen molar-refractivity contribution in [1.29, 1.82) is 0 Å². The predicted octanol–water partition coefficient (Wildman–Crippen LogP) is 5.42. The molecule has 240 valence electrons. The van der Waals surface area contributed by atoms with Crippen LogP contribution in [0.2, 0.25) is 0 Å². The van der Waals surface area contributed by atoms with E-state index in [1.807, 2.05) is 26.8 Å². The molecule has 6 rings (SSSR count). The van der Waals surface area contributed by atoms with Crippen LogP contribution in [-0.2, 0) is 4.74 Å². The topological polar surface area (TPSA) is 132 Å². The normalized spacial score (nSPS) is 13.4. The number of carbonyl (C=O) groups is 2. The standard InChI is InChI=1S/C34H32FN7O5/c1-34(2,3)47-33(45)41-17-15-40(16-18-41)30-19-26-27(21-38-30)36-13-12-28(26)46-24-10-11-29(37-20-24)39-31(43)25-5-4-14-42(32(25)44)23-8-6-22(35)7-9-23/h4-14,19-21H,15-18H2,1-3H3,(H,37,39,43). The van der Waals surface area contributed by atoms with Crippen molar-refractivity contribution in [3.63, 3.8) is 0 Å². The van der Waals surface area contributed by atoms with Crippen molar-refractivity contribution < 1.29 is 23.5 Å². The number of nitrogens with zero attached hydrogens (tertiary/aromatic N) is 6. The molecule has 2 amide bonds. The van der Waals surface area contributed by atoms with Crippen LogP contribution in [-0.4, -0.2) is 68.2 Å². The summed E-state index contributed by atoms with van der Waals surface area (Å²) in [4.78, 5) is 55.5. The van der Waals surface area contributed by atoms with E-state index in [1.165, 1.54) is 47.3 Å². The molecule has 47 heavy (non-hydrogen) atoms. The van der Waals surface area contributed by atoms with Crippen LogP contribution in [0.25, 0.3) is 16.6 Å². The number of halogens is 1. The average molecular weight is 638 g/mol. The Morgan fingerprint density at radius 1 is 0.915 bits per heavy atom. The molecule has 1 aliphatic heterocycles. The molecule has 1 aromatic carbocycles. The Bertz CT molecular complexity index is 1980. The summed E-state index contributed by atoms with van der Waals surface area (Å²) in [7, 11) is 0. The lowest BCUT2D eigenvalue weighted by molar-refractivity contribution is 0.0240. The molecule has 1 fully saturated rings. The highest BCUT2D eigenvalue weighted by Gasteiger charge is 2.26. The molecule has 5 aromatic rings. The number of carbonyl (C=O) groups excluding carboxylic acids is 2. The largest absolute Gasteiger partial charge is 0.455 e. The number of nitrogens with one attached hydrogen (secondary N) is 1. The van der Waals surface area contributed by atoms with Crippen LogP contribution in [0.3, 0.4) is 0 Å². The molecule has 0 bridgehead atoms. The van der Waals surface area contributed by atoms with Gasteiger partial charge in [-0.15, -0.1) is 0 Å². The molecule has 1 N–H and O–H groups in total. The van der Waals surface area contributed by atoms with Gasteiger partial charge in [0, 0.05) is 49.6 Å². The molecule has 0 aliphatic carbocycles. The minimum Gasteiger partial charge on any atom is -0.455 e. The Balaban J connectivity index is 1.13. The molecule has 4 aromatic heterocycles. The van der Waals surface area contributed by atoms with E-state index < -0.39 is 22.9 Å². The molecule has 5 heterocycles. The lowest BCUT2D eigenvalue weighted by atomic mass is 10.2. The third-order valence-electron chi connectivity index (χ3n) is 7.33. The quantitative estimate of drug-likeness (QED) is 0.259. The highest BCUT2D eigenvalue weighted by molar-refractivity contribution is 6.03. The number of hydrogen-bond donors (Lipinski definition) is 1. The molecule has 0 unspecified atom stereocenters. The second kappa shape index (κ2) is 12.9. The Kier molecular flexibility index (Phi) is 8.53. The number of aromatic nitrogens is 4. The van der Waals surface area contributed by atoms with Crippen molar-refractivity contribution in [1.82, 2.24) is 24.4 Å². The van der Waals surface area contributed by atoms with E-state index in [0.717, 1.165) is 11.2 Å². The van der Waals surface area contributed by atoms with Gasteiger partial charge in [0.1, 0.15) is 40.1 Å².